The number of carbonyl (C=O) groups excluding carboxylic acids is 1. The molecule has 0 aliphatic heterocycles. The molecule has 164 valence electrons. The SMILES string of the molecule is CCC(NC(=S)Nc1sc2c(c1C(=O)OC)CCCC2)C12CC3CC(CC(C3)C1)C2. The largest absolute Gasteiger partial charge is 0.465 e. The Hall–Kier alpha value is -1.14. The first-order chi connectivity index (χ1) is 14.5. The molecule has 0 amide bonds. The molecular weight excluding hydrogens is 412 g/mol. The van der Waals surface area contributed by atoms with Crippen molar-refractivity contribution >= 4 is 39.6 Å². The van der Waals surface area contributed by atoms with Gasteiger partial charge in [0.1, 0.15) is 5.00 Å². The van der Waals surface area contributed by atoms with E-state index in [9.17, 15) is 4.79 Å². The normalized spacial score (nSPS) is 32.4. The number of methoxy groups -OCH3 is 1. The molecule has 5 aliphatic rings. The number of fused-ring (bicyclic) bond motifs is 1. The summed E-state index contributed by atoms with van der Waals surface area (Å²) in [7, 11) is 1.47. The van der Waals surface area contributed by atoms with Crippen LogP contribution >= 0.6 is 23.6 Å². The van der Waals surface area contributed by atoms with Crippen LogP contribution in [-0.4, -0.2) is 24.2 Å². The van der Waals surface area contributed by atoms with Crippen LogP contribution in [0.4, 0.5) is 5.00 Å². The Kier molecular flexibility index (Phi) is 5.59. The topological polar surface area (TPSA) is 50.4 Å². The first kappa shape index (κ1) is 20.7. The van der Waals surface area contributed by atoms with E-state index in [-0.39, 0.29) is 5.97 Å². The number of thiophene rings is 1. The van der Waals surface area contributed by atoms with Gasteiger partial charge in [-0.05, 0) is 112 Å². The zero-order valence-electron chi connectivity index (χ0n) is 18.2. The second kappa shape index (κ2) is 8.09. The minimum Gasteiger partial charge on any atom is -0.465 e. The molecule has 6 rings (SSSR count). The van der Waals surface area contributed by atoms with Crippen LogP contribution in [0.3, 0.4) is 0 Å². The van der Waals surface area contributed by atoms with Gasteiger partial charge in [0.05, 0.1) is 12.7 Å². The highest BCUT2D eigenvalue weighted by molar-refractivity contribution is 7.80. The molecule has 30 heavy (non-hydrogen) atoms. The third-order valence-electron chi connectivity index (χ3n) is 8.33. The number of hydrogen-bond donors (Lipinski definition) is 2. The number of nitrogens with one attached hydrogen (secondary N) is 2. The summed E-state index contributed by atoms with van der Waals surface area (Å²) < 4.78 is 5.11. The number of ether oxygens (including phenoxy) is 1. The Bertz CT molecular complexity index is 811. The summed E-state index contributed by atoms with van der Waals surface area (Å²) in [6.07, 6.45) is 13.9. The summed E-state index contributed by atoms with van der Waals surface area (Å²) in [4.78, 5) is 13.9. The fourth-order valence-electron chi connectivity index (χ4n) is 7.56. The molecule has 4 nitrogen and oxygen atoms in total. The number of esters is 1. The van der Waals surface area contributed by atoms with Crippen molar-refractivity contribution in [2.45, 2.75) is 83.6 Å². The summed E-state index contributed by atoms with van der Waals surface area (Å²) in [6, 6.07) is 0.419. The van der Waals surface area contributed by atoms with E-state index in [4.69, 9.17) is 17.0 Å². The van der Waals surface area contributed by atoms with Gasteiger partial charge in [0.15, 0.2) is 5.11 Å². The zero-order valence-corrected chi connectivity index (χ0v) is 19.9. The fraction of sp³-hybridized carbons (Fsp3) is 0.750. The molecule has 0 saturated heterocycles. The molecule has 5 aliphatic carbocycles. The van der Waals surface area contributed by atoms with E-state index in [1.165, 1.54) is 62.5 Å². The van der Waals surface area contributed by atoms with Crippen LogP contribution in [0.25, 0.3) is 0 Å². The molecule has 2 N–H and O–H groups in total. The molecule has 4 saturated carbocycles. The fourth-order valence-corrected chi connectivity index (χ4v) is 9.15. The standard InChI is InChI=1S/C24H34N2O2S2/c1-3-19(24-11-14-8-15(12-24)10-16(9-14)13-24)25-23(29)26-21-20(22(27)28-2)17-6-4-5-7-18(17)30-21/h14-16,19H,3-13H2,1-2H3,(H2,25,26,29). The molecule has 1 unspecified atom stereocenters. The number of rotatable bonds is 5. The maximum atomic E-state index is 12.5. The molecular formula is C24H34N2O2S2. The van der Waals surface area contributed by atoms with Gasteiger partial charge in [-0.2, -0.15) is 0 Å². The van der Waals surface area contributed by atoms with E-state index in [0.717, 1.165) is 48.4 Å². The average molecular weight is 447 g/mol. The van der Waals surface area contributed by atoms with Gasteiger partial charge in [0.25, 0.3) is 0 Å². The van der Waals surface area contributed by atoms with Gasteiger partial charge in [-0.25, -0.2) is 4.79 Å². The van der Waals surface area contributed by atoms with Crippen molar-refractivity contribution in [2.75, 3.05) is 12.4 Å². The van der Waals surface area contributed by atoms with E-state index in [1.54, 1.807) is 11.3 Å². The van der Waals surface area contributed by atoms with Gasteiger partial charge < -0.3 is 15.4 Å². The number of anilines is 1. The van der Waals surface area contributed by atoms with E-state index < -0.39 is 0 Å². The van der Waals surface area contributed by atoms with Gasteiger partial charge in [0, 0.05) is 10.9 Å². The average Bonchev–Trinajstić information content (AvgIpc) is 3.08. The van der Waals surface area contributed by atoms with Crippen molar-refractivity contribution in [3.63, 3.8) is 0 Å². The Morgan fingerprint density at radius 3 is 2.40 bits per heavy atom. The third-order valence-corrected chi connectivity index (χ3v) is 9.75. The van der Waals surface area contributed by atoms with Crippen molar-refractivity contribution in [1.82, 2.24) is 5.32 Å². The predicted octanol–water partition coefficient (Wildman–Crippen LogP) is 5.69. The van der Waals surface area contributed by atoms with Crippen LogP contribution in [0.2, 0.25) is 0 Å². The van der Waals surface area contributed by atoms with Gasteiger partial charge >= 0.3 is 5.97 Å². The van der Waals surface area contributed by atoms with Crippen LogP contribution in [0.1, 0.15) is 85.5 Å². The minimum absolute atomic E-state index is 0.243. The van der Waals surface area contributed by atoms with E-state index in [1.807, 2.05) is 0 Å². The maximum absolute atomic E-state index is 12.5. The zero-order chi connectivity index (χ0) is 20.9. The van der Waals surface area contributed by atoms with E-state index in [2.05, 4.69) is 17.6 Å². The van der Waals surface area contributed by atoms with Crippen LogP contribution in [-0.2, 0) is 17.6 Å². The van der Waals surface area contributed by atoms with Gasteiger partial charge in [-0.3, -0.25) is 0 Å². The first-order valence-electron chi connectivity index (χ1n) is 11.8. The summed E-state index contributed by atoms with van der Waals surface area (Å²) >= 11 is 7.48. The molecule has 1 heterocycles. The molecule has 4 bridgehead atoms. The van der Waals surface area contributed by atoms with Crippen LogP contribution < -0.4 is 10.6 Å². The lowest BCUT2D eigenvalue weighted by Gasteiger charge is -2.59. The number of thiocarbonyl (C=S) groups is 1. The number of hydrogen-bond acceptors (Lipinski definition) is 4. The van der Waals surface area contributed by atoms with Crippen molar-refractivity contribution < 1.29 is 9.53 Å². The number of carbonyl (C=O) groups is 1. The van der Waals surface area contributed by atoms with Crippen molar-refractivity contribution in [3.8, 4) is 0 Å². The van der Waals surface area contributed by atoms with Gasteiger partial charge in [-0.1, -0.05) is 6.92 Å². The van der Waals surface area contributed by atoms with Crippen molar-refractivity contribution in [2.24, 2.45) is 23.2 Å². The van der Waals surface area contributed by atoms with Crippen molar-refractivity contribution in [3.05, 3.63) is 16.0 Å². The Balaban J connectivity index is 1.33. The summed E-state index contributed by atoms with van der Waals surface area (Å²) in [6.45, 7) is 2.29. The lowest BCUT2D eigenvalue weighted by atomic mass is 9.47. The molecule has 0 radical (unpaired) electrons. The highest BCUT2D eigenvalue weighted by Crippen LogP contribution is 2.61. The van der Waals surface area contributed by atoms with Crippen LogP contribution in [0.15, 0.2) is 0 Å². The quantitative estimate of drug-likeness (QED) is 0.449. The molecule has 1 aromatic rings. The van der Waals surface area contributed by atoms with E-state index >= 15 is 0 Å². The van der Waals surface area contributed by atoms with Gasteiger partial charge in [0.2, 0.25) is 0 Å². The summed E-state index contributed by atoms with van der Waals surface area (Å²) in [5.41, 5.74) is 2.30. The highest BCUT2D eigenvalue weighted by atomic mass is 32.1. The van der Waals surface area contributed by atoms with Crippen molar-refractivity contribution in [1.29, 1.82) is 0 Å². The van der Waals surface area contributed by atoms with Crippen LogP contribution in [0, 0.1) is 23.2 Å². The highest BCUT2D eigenvalue weighted by Gasteiger charge is 2.53. The minimum atomic E-state index is -0.243. The van der Waals surface area contributed by atoms with Crippen LogP contribution in [0.5, 0.6) is 0 Å². The molecule has 4 fully saturated rings. The molecule has 0 aromatic carbocycles. The monoisotopic (exact) mass is 446 g/mol. The lowest BCUT2D eigenvalue weighted by Crippen LogP contribution is -2.57. The Labute approximate surface area is 189 Å². The third kappa shape index (κ3) is 3.58. The molecule has 0 spiro atoms. The van der Waals surface area contributed by atoms with E-state index in [0.29, 0.717) is 22.1 Å². The predicted molar refractivity (Wildman–Crippen MR) is 126 cm³/mol. The number of aryl methyl sites for hydroxylation is 1. The molecule has 6 heteroatoms. The second-order valence-corrected chi connectivity index (χ2v) is 11.8. The Morgan fingerprint density at radius 1 is 1.17 bits per heavy atom. The maximum Gasteiger partial charge on any atom is 0.341 e. The van der Waals surface area contributed by atoms with Gasteiger partial charge in [-0.15, -0.1) is 11.3 Å². The Morgan fingerprint density at radius 2 is 1.80 bits per heavy atom. The molecule has 1 aromatic heterocycles. The molecule has 1 atom stereocenters. The summed E-state index contributed by atoms with van der Waals surface area (Å²) in [5, 5.41) is 8.66. The second-order valence-electron chi connectivity index (χ2n) is 10.2. The summed E-state index contributed by atoms with van der Waals surface area (Å²) in [5.74, 6) is 2.56. The smallest absolute Gasteiger partial charge is 0.341 e. The lowest BCUT2D eigenvalue weighted by molar-refractivity contribution is -0.0710. The first-order valence-corrected chi connectivity index (χ1v) is 13.0.